The Labute approximate surface area is 216 Å². The highest BCUT2D eigenvalue weighted by Gasteiger charge is 2.54. The number of hydrogen-bond acceptors (Lipinski definition) is 9. The molecule has 5 fully saturated rings. The first-order valence-electron chi connectivity index (χ1n) is 13.6. The van der Waals surface area contributed by atoms with Gasteiger partial charge in [0.25, 0.3) is 0 Å². The molecule has 7 rings (SSSR count). The van der Waals surface area contributed by atoms with E-state index in [1.165, 1.54) is 24.0 Å². The summed E-state index contributed by atoms with van der Waals surface area (Å²) in [7, 11) is 0. The van der Waals surface area contributed by atoms with Crippen molar-refractivity contribution in [3.8, 4) is 0 Å². The Kier molecular flexibility index (Phi) is 5.82. The number of anilines is 1. The van der Waals surface area contributed by atoms with E-state index < -0.39 is 0 Å². The molecule has 2 unspecified atom stereocenters. The molecule has 3 aliphatic carbocycles. The van der Waals surface area contributed by atoms with Crippen molar-refractivity contribution in [2.45, 2.75) is 38.0 Å². The zero-order valence-corrected chi connectivity index (χ0v) is 21.1. The van der Waals surface area contributed by atoms with Crippen LogP contribution in [-0.4, -0.2) is 67.7 Å². The van der Waals surface area contributed by atoms with Gasteiger partial charge in [0.2, 0.25) is 5.91 Å². The third kappa shape index (κ3) is 4.57. The maximum atomic E-state index is 13.3. The minimum Gasteiger partial charge on any atom is -0.457 e. The quantitative estimate of drug-likeness (QED) is 0.402. The largest absolute Gasteiger partial charge is 0.457 e. The Morgan fingerprint density at radius 3 is 2.78 bits per heavy atom. The monoisotopic (exact) mass is 505 g/mol. The molecule has 0 spiro atoms. The fourth-order valence-corrected chi connectivity index (χ4v) is 6.37. The van der Waals surface area contributed by atoms with Crippen LogP contribution in [-0.2, 0) is 20.7 Å². The SMILES string of the molecule is O=C1OCC2=CC3(CCN4CCN(C(=O)Cc5ccc(N6CNNNN6)cc5C5CC5)CC4)CC3C=C12. The molecule has 2 atom stereocenters. The molecular weight excluding hydrogens is 470 g/mol. The van der Waals surface area contributed by atoms with Gasteiger partial charge in [-0.3, -0.25) is 14.7 Å². The van der Waals surface area contributed by atoms with Gasteiger partial charge in [-0.2, -0.15) is 16.6 Å². The highest BCUT2D eigenvalue weighted by atomic mass is 16.5. The molecule has 1 aromatic rings. The molecular formula is C27H35N7O3. The minimum absolute atomic E-state index is 0.154. The maximum Gasteiger partial charge on any atom is 0.338 e. The molecule has 4 N–H and O–H groups in total. The van der Waals surface area contributed by atoms with Crippen LogP contribution in [0.3, 0.4) is 0 Å². The molecule has 37 heavy (non-hydrogen) atoms. The molecule has 3 heterocycles. The number of hydrazine groups is 4. The van der Waals surface area contributed by atoms with Crippen molar-refractivity contribution >= 4 is 17.6 Å². The van der Waals surface area contributed by atoms with Crippen LogP contribution in [0.25, 0.3) is 0 Å². The van der Waals surface area contributed by atoms with Crippen molar-refractivity contribution in [3.63, 3.8) is 0 Å². The normalized spacial score (nSPS) is 29.3. The summed E-state index contributed by atoms with van der Waals surface area (Å²) in [5.74, 6) is 1.14. The number of amides is 1. The van der Waals surface area contributed by atoms with E-state index in [9.17, 15) is 9.59 Å². The molecule has 10 nitrogen and oxygen atoms in total. The van der Waals surface area contributed by atoms with Gasteiger partial charge in [0.1, 0.15) is 6.61 Å². The average molecular weight is 506 g/mol. The zero-order valence-electron chi connectivity index (χ0n) is 21.1. The lowest BCUT2D eigenvalue weighted by Crippen LogP contribution is -2.66. The number of rotatable bonds is 7. The summed E-state index contributed by atoms with van der Waals surface area (Å²) in [5, 5.41) is 2.00. The molecule has 1 amide bonds. The van der Waals surface area contributed by atoms with E-state index in [1.807, 2.05) is 9.91 Å². The van der Waals surface area contributed by atoms with Gasteiger partial charge in [0.05, 0.1) is 24.4 Å². The summed E-state index contributed by atoms with van der Waals surface area (Å²) in [6, 6.07) is 6.45. The second kappa shape index (κ2) is 9.21. The first-order chi connectivity index (χ1) is 18.1. The van der Waals surface area contributed by atoms with Gasteiger partial charge in [-0.25, -0.2) is 10.2 Å². The van der Waals surface area contributed by atoms with Gasteiger partial charge in [0, 0.05) is 31.8 Å². The Bertz CT molecular complexity index is 1160. The molecule has 196 valence electrons. The second-order valence-corrected chi connectivity index (χ2v) is 11.3. The van der Waals surface area contributed by atoms with Crippen LogP contribution in [0, 0.1) is 11.3 Å². The summed E-state index contributed by atoms with van der Waals surface area (Å²) >= 11 is 0. The van der Waals surface area contributed by atoms with Crippen LogP contribution < -0.4 is 27.0 Å². The van der Waals surface area contributed by atoms with Crippen molar-refractivity contribution in [3.05, 3.63) is 52.6 Å². The second-order valence-electron chi connectivity index (χ2n) is 11.3. The number of fused-ring (bicyclic) bond motifs is 2. The number of allylic oxidation sites excluding steroid dienone is 2. The Balaban J connectivity index is 0.923. The molecule has 0 radical (unpaired) electrons. The number of carbonyl (C=O) groups excluding carboxylic acids is 2. The van der Waals surface area contributed by atoms with E-state index >= 15 is 0 Å². The van der Waals surface area contributed by atoms with E-state index in [2.05, 4.69) is 57.3 Å². The third-order valence-corrected chi connectivity index (χ3v) is 8.93. The van der Waals surface area contributed by atoms with Gasteiger partial charge in [-0.15, -0.1) is 0 Å². The molecule has 0 bridgehead atoms. The minimum atomic E-state index is -0.154. The zero-order chi connectivity index (χ0) is 25.0. The number of nitrogens with one attached hydrogen (secondary N) is 4. The van der Waals surface area contributed by atoms with Gasteiger partial charge >= 0.3 is 5.97 Å². The summed E-state index contributed by atoms with van der Waals surface area (Å²) in [5.41, 5.74) is 17.5. The van der Waals surface area contributed by atoms with Gasteiger partial charge in [0.15, 0.2) is 0 Å². The van der Waals surface area contributed by atoms with Crippen molar-refractivity contribution in [2.75, 3.05) is 51.0 Å². The number of nitrogens with zero attached hydrogens (tertiary/aromatic N) is 3. The van der Waals surface area contributed by atoms with Crippen LogP contribution in [0.4, 0.5) is 5.69 Å². The van der Waals surface area contributed by atoms with E-state index in [0.717, 1.165) is 62.4 Å². The van der Waals surface area contributed by atoms with Gasteiger partial charge < -0.3 is 9.64 Å². The third-order valence-electron chi connectivity index (χ3n) is 8.93. The van der Waals surface area contributed by atoms with Gasteiger partial charge in [-0.05, 0) is 72.7 Å². The molecule has 1 aromatic carbocycles. The Morgan fingerprint density at radius 2 is 2.00 bits per heavy atom. The topological polar surface area (TPSA) is 101 Å². The molecule has 0 aromatic heterocycles. The van der Waals surface area contributed by atoms with Crippen LogP contribution in [0.1, 0.15) is 42.7 Å². The van der Waals surface area contributed by atoms with Crippen molar-refractivity contribution in [1.29, 1.82) is 0 Å². The van der Waals surface area contributed by atoms with E-state index in [0.29, 0.717) is 31.5 Å². The number of ether oxygens (including phenoxy) is 1. The number of benzene rings is 1. The first-order valence-corrected chi connectivity index (χ1v) is 13.6. The van der Waals surface area contributed by atoms with Crippen LogP contribution in [0.5, 0.6) is 0 Å². The summed E-state index contributed by atoms with van der Waals surface area (Å²) in [4.78, 5) is 29.6. The molecule has 3 aliphatic heterocycles. The molecule has 3 saturated heterocycles. The first kappa shape index (κ1) is 23.4. The van der Waals surface area contributed by atoms with Crippen LogP contribution in [0.2, 0.25) is 0 Å². The highest BCUT2D eigenvalue weighted by molar-refractivity contribution is 5.97. The fourth-order valence-electron chi connectivity index (χ4n) is 6.37. The number of carbonyl (C=O) groups is 2. The predicted molar refractivity (Wildman–Crippen MR) is 137 cm³/mol. The fraction of sp³-hybridized carbons (Fsp3) is 0.556. The summed E-state index contributed by atoms with van der Waals surface area (Å²) in [6.07, 6.45) is 9.61. The van der Waals surface area contributed by atoms with Crippen molar-refractivity contribution in [1.82, 2.24) is 31.8 Å². The maximum absolute atomic E-state index is 13.3. The van der Waals surface area contributed by atoms with Crippen molar-refractivity contribution in [2.24, 2.45) is 11.3 Å². The number of piperazine rings is 1. The lowest BCUT2D eigenvalue weighted by molar-refractivity contribution is -0.135. The van der Waals surface area contributed by atoms with Crippen LogP contribution >= 0.6 is 0 Å². The molecule has 2 saturated carbocycles. The average Bonchev–Trinajstić information content (AvgIpc) is 3.85. The number of hydrogen-bond donors (Lipinski definition) is 4. The summed E-state index contributed by atoms with van der Waals surface area (Å²) in [6.45, 7) is 5.54. The smallest absolute Gasteiger partial charge is 0.338 e. The highest BCUT2D eigenvalue weighted by Crippen LogP contribution is 2.61. The molecule has 6 aliphatic rings. The predicted octanol–water partition coefficient (Wildman–Crippen LogP) is 0.866. The Hall–Kier alpha value is -2.76. The van der Waals surface area contributed by atoms with E-state index in [4.69, 9.17) is 4.74 Å². The Morgan fingerprint density at radius 1 is 1.14 bits per heavy atom. The van der Waals surface area contributed by atoms with Crippen molar-refractivity contribution < 1.29 is 14.3 Å². The number of cyclic esters (lactones) is 1. The lowest BCUT2D eigenvalue weighted by atomic mass is 9.88. The molecule has 10 heteroatoms. The van der Waals surface area contributed by atoms with E-state index in [-0.39, 0.29) is 17.3 Å². The van der Waals surface area contributed by atoms with Crippen LogP contribution in [0.15, 0.2) is 41.5 Å². The number of esters is 1. The van der Waals surface area contributed by atoms with Gasteiger partial charge in [-0.1, -0.05) is 18.2 Å². The van der Waals surface area contributed by atoms with E-state index in [1.54, 1.807) is 0 Å². The summed E-state index contributed by atoms with van der Waals surface area (Å²) < 4.78 is 5.21. The standard InChI is InChI=1S/C27H35N7O3/c35-25(11-19-3-4-22(13-23(19)18-1-2-18)34-17-28-29-30-31-34)33-9-7-32(8-10-33)6-5-27-14-20-16-37-26(36)24(20)12-21(27)15-27/h3-4,12-14,18,21,28-31H,1-2,5-11,15-17H2. The lowest BCUT2D eigenvalue weighted by Gasteiger charge is -2.35.